The lowest BCUT2D eigenvalue weighted by molar-refractivity contribution is -0.148. The van der Waals surface area contributed by atoms with Crippen LogP contribution in [-0.2, 0) is 4.79 Å². The quantitative estimate of drug-likeness (QED) is 0.822. The van der Waals surface area contributed by atoms with E-state index in [1.54, 1.807) is 6.92 Å². The van der Waals surface area contributed by atoms with Crippen molar-refractivity contribution in [2.75, 3.05) is 6.54 Å². The molecule has 4 unspecified atom stereocenters. The van der Waals surface area contributed by atoms with Crippen molar-refractivity contribution in [1.82, 2.24) is 10.2 Å². The predicted octanol–water partition coefficient (Wildman–Crippen LogP) is 2.60. The molecule has 0 aromatic heterocycles. The number of hydrogen-bond acceptors (Lipinski definition) is 2. The second-order valence-corrected chi connectivity index (χ2v) is 7.21. The van der Waals surface area contributed by atoms with Gasteiger partial charge in [-0.25, -0.2) is 4.79 Å². The van der Waals surface area contributed by atoms with Gasteiger partial charge in [-0.3, -0.25) is 4.79 Å². The lowest BCUT2D eigenvalue weighted by Crippen LogP contribution is -2.55. The molecule has 5 heteroatoms. The van der Waals surface area contributed by atoms with Crippen molar-refractivity contribution in [2.24, 2.45) is 11.3 Å². The third kappa shape index (κ3) is 2.51. The summed E-state index contributed by atoms with van der Waals surface area (Å²) < 4.78 is 0. The molecule has 1 saturated heterocycles. The van der Waals surface area contributed by atoms with E-state index in [2.05, 4.69) is 5.32 Å². The summed E-state index contributed by atoms with van der Waals surface area (Å²) in [5.74, 6) is -0.123. The van der Waals surface area contributed by atoms with Gasteiger partial charge >= 0.3 is 12.0 Å². The molecule has 0 aromatic carbocycles. The van der Waals surface area contributed by atoms with E-state index in [1.165, 1.54) is 19.3 Å². The number of rotatable bonds is 2. The average Bonchev–Trinajstić information content (AvgIpc) is 3.06. The Kier molecular flexibility index (Phi) is 3.84. The standard InChI is InChI=1S/C16H26N2O3/c1-16(14(19)20)9-3-8-13(16)17-15(21)18-10-4-6-11-5-2-7-12(11)18/h11-13H,2-10H2,1H3,(H,17,21)(H,19,20). The number of carboxylic acids is 1. The predicted molar refractivity (Wildman–Crippen MR) is 79.0 cm³/mol. The molecule has 1 aliphatic heterocycles. The SMILES string of the molecule is CC1(C(=O)O)CCCC1NC(=O)N1CCCC2CCCC21. The van der Waals surface area contributed by atoms with Crippen LogP contribution in [0.4, 0.5) is 4.79 Å². The number of amides is 2. The first kappa shape index (κ1) is 14.7. The van der Waals surface area contributed by atoms with Crippen molar-refractivity contribution < 1.29 is 14.7 Å². The Balaban J connectivity index is 1.67. The molecule has 3 aliphatic rings. The summed E-state index contributed by atoms with van der Waals surface area (Å²) in [6.45, 7) is 2.59. The minimum Gasteiger partial charge on any atom is -0.481 e. The third-order valence-corrected chi connectivity index (χ3v) is 6.00. The number of nitrogens with zero attached hydrogens (tertiary/aromatic N) is 1. The lowest BCUT2D eigenvalue weighted by Gasteiger charge is -2.39. The summed E-state index contributed by atoms with van der Waals surface area (Å²) in [7, 11) is 0. The number of carboxylic acid groups (broad SMARTS) is 1. The van der Waals surface area contributed by atoms with E-state index < -0.39 is 11.4 Å². The number of carbonyl (C=O) groups is 2. The van der Waals surface area contributed by atoms with Crippen molar-refractivity contribution >= 4 is 12.0 Å². The van der Waals surface area contributed by atoms with E-state index >= 15 is 0 Å². The Labute approximate surface area is 126 Å². The summed E-state index contributed by atoms with van der Waals surface area (Å²) in [6, 6.07) is 0.117. The Morgan fingerprint density at radius 2 is 1.90 bits per heavy atom. The number of hydrogen-bond donors (Lipinski definition) is 2. The van der Waals surface area contributed by atoms with E-state index in [1.807, 2.05) is 4.90 Å². The van der Waals surface area contributed by atoms with Crippen molar-refractivity contribution in [3.8, 4) is 0 Å². The number of likely N-dealkylation sites (tertiary alicyclic amines) is 1. The van der Waals surface area contributed by atoms with Gasteiger partial charge in [-0.05, 0) is 51.4 Å². The zero-order valence-electron chi connectivity index (χ0n) is 12.8. The Hall–Kier alpha value is -1.26. The van der Waals surface area contributed by atoms with Gasteiger partial charge in [0.1, 0.15) is 0 Å². The van der Waals surface area contributed by atoms with Gasteiger partial charge in [-0.1, -0.05) is 12.8 Å². The highest BCUT2D eigenvalue weighted by Gasteiger charge is 2.47. The monoisotopic (exact) mass is 294 g/mol. The van der Waals surface area contributed by atoms with Gasteiger partial charge in [-0.15, -0.1) is 0 Å². The number of fused-ring (bicyclic) bond motifs is 1. The van der Waals surface area contributed by atoms with Crippen molar-refractivity contribution in [1.29, 1.82) is 0 Å². The van der Waals surface area contributed by atoms with Crippen LogP contribution in [0.5, 0.6) is 0 Å². The molecule has 0 aromatic rings. The number of piperidine rings is 1. The molecule has 1 heterocycles. The Morgan fingerprint density at radius 1 is 1.14 bits per heavy atom. The number of urea groups is 1. The van der Waals surface area contributed by atoms with Crippen LogP contribution >= 0.6 is 0 Å². The largest absolute Gasteiger partial charge is 0.481 e. The van der Waals surface area contributed by atoms with Gasteiger partial charge < -0.3 is 15.3 Å². The molecule has 3 fully saturated rings. The van der Waals surface area contributed by atoms with Gasteiger partial charge in [0.15, 0.2) is 0 Å². The molecule has 2 amide bonds. The number of carbonyl (C=O) groups excluding carboxylic acids is 1. The molecular weight excluding hydrogens is 268 g/mol. The molecule has 118 valence electrons. The topological polar surface area (TPSA) is 69.6 Å². The Bertz CT molecular complexity index is 439. The van der Waals surface area contributed by atoms with Gasteiger partial charge in [0, 0.05) is 18.6 Å². The van der Waals surface area contributed by atoms with Crippen molar-refractivity contribution in [2.45, 2.75) is 70.4 Å². The van der Waals surface area contributed by atoms with E-state index in [-0.39, 0.29) is 12.1 Å². The molecule has 5 nitrogen and oxygen atoms in total. The first-order valence-electron chi connectivity index (χ1n) is 8.33. The van der Waals surface area contributed by atoms with Crippen LogP contribution in [0, 0.1) is 11.3 Å². The second-order valence-electron chi connectivity index (χ2n) is 7.21. The maximum Gasteiger partial charge on any atom is 0.317 e. The number of nitrogens with one attached hydrogen (secondary N) is 1. The van der Waals surface area contributed by atoms with Crippen LogP contribution < -0.4 is 5.32 Å². The molecule has 4 atom stereocenters. The molecular formula is C16H26N2O3. The van der Waals surface area contributed by atoms with Crippen LogP contribution in [0.1, 0.15) is 58.3 Å². The van der Waals surface area contributed by atoms with Crippen LogP contribution in [0.3, 0.4) is 0 Å². The van der Waals surface area contributed by atoms with E-state index in [0.717, 1.165) is 32.2 Å². The first-order valence-corrected chi connectivity index (χ1v) is 8.33. The number of aliphatic carboxylic acids is 1. The van der Waals surface area contributed by atoms with Crippen LogP contribution in [0.15, 0.2) is 0 Å². The first-order chi connectivity index (χ1) is 10.0. The fourth-order valence-electron chi connectivity index (χ4n) is 4.59. The maximum absolute atomic E-state index is 12.6. The zero-order chi connectivity index (χ0) is 15.0. The highest BCUT2D eigenvalue weighted by Crippen LogP contribution is 2.40. The summed E-state index contributed by atoms with van der Waals surface area (Å²) in [5, 5.41) is 12.5. The summed E-state index contributed by atoms with van der Waals surface area (Å²) in [6.07, 6.45) is 8.19. The second kappa shape index (κ2) is 5.50. The highest BCUT2D eigenvalue weighted by molar-refractivity contribution is 5.79. The molecule has 3 rings (SSSR count). The fraction of sp³-hybridized carbons (Fsp3) is 0.875. The average molecular weight is 294 g/mol. The maximum atomic E-state index is 12.6. The minimum absolute atomic E-state index is 0.0361. The fourth-order valence-corrected chi connectivity index (χ4v) is 4.59. The van der Waals surface area contributed by atoms with Crippen LogP contribution in [-0.4, -0.2) is 40.6 Å². The van der Waals surface area contributed by atoms with E-state index in [9.17, 15) is 14.7 Å². The zero-order valence-corrected chi connectivity index (χ0v) is 12.8. The third-order valence-electron chi connectivity index (χ3n) is 6.00. The molecule has 21 heavy (non-hydrogen) atoms. The molecule has 0 radical (unpaired) electrons. The highest BCUT2D eigenvalue weighted by atomic mass is 16.4. The molecule has 2 saturated carbocycles. The van der Waals surface area contributed by atoms with Crippen molar-refractivity contribution in [3.63, 3.8) is 0 Å². The minimum atomic E-state index is -0.805. The smallest absolute Gasteiger partial charge is 0.317 e. The molecule has 2 aliphatic carbocycles. The van der Waals surface area contributed by atoms with Crippen LogP contribution in [0.25, 0.3) is 0 Å². The molecule has 2 N–H and O–H groups in total. The van der Waals surface area contributed by atoms with Gasteiger partial charge in [-0.2, -0.15) is 0 Å². The van der Waals surface area contributed by atoms with E-state index in [0.29, 0.717) is 18.4 Å². The van der Waals surface area contributed by atoms with Crippen molar-refractivity contribution in [3.05, 3.63) is 0 Å². The van der Waals surface area contributed by atoms with Gasteiger partial charge in [0.05, 0.1) is 5.41 Å². The molecule has 0 spiro atoms. The molecule has 0 bridgehead atoms. The normalized spacial score (nSPS) is 39.1. The van der Waals surface area contributed by atoms with E-state index in [4.69, 9.17) is 0 Å². The summed E-state index contributed by atoms with van der Waals surface area (Å²) in [4.78, 5) is 26.1. The summed E-state index contributed by atoms with van der Waals surface area (Å²) in [5.41, 5.74) is -0.805. The Morgan fingerprint density at radius 3 is 2.67 bits per heavy atom. The lowest BCUT2D eigenvalue weighted by atomic mass is 9.85. The summed E-state index contributed by atoms with van der Waals surface area (Å²) >= 11 is 0. The van der Waals surface area contributed by atoms with Crippen LogP contribution in [0.2, 0.25) is 0 Å². The van der Waals surface area contributed by atoms with Gasteiger partial charge in [0.25, 0.3) is 0 Å². The van der Waals surface area contributed by atoms with Gasteiger partial charge in [0.2, 0.25) is 0 Å².